The van der Waals surface area contributed by atoms with Gasteiger partial charge in [-0.15, -0.1) is 0 Å². The normalized spacial score (nSPS) is 11.2. The highest BCUT2D eigenvalue weighted by atomic mass is 35.5. The van der Waals surface area contributed by atoms with Crippen LogP contribution < -0.4 is 10.6 Å². The Morgan fingerprint density at radius 1 is 1.48 bits per heavy atom. The molecule has 21 heavy (non-hydrogen) atoms. The van der Waals surface area contributed by atoms with Crippen LogP contribution in [0.3, 0.4) is 0 Å². The minimum Gasteiger partial charge on any atom is -0.356 e. The zero-order valence-electron chi connectivity index (χ0n) is 11.6. The Morgan fingerprint density at radius 2 is 2.33 bits per heavy atom. The predicted octanol–water partition coefficient (Wildman–Crippen LogP) is 1.61. The Balaban J connectivity index is 1.86. The van der Waals surface area contributed by atoms with Crippen LogP contribution in [0, 0.1) is 0 Å². The third-order valence-corrected chi connectivity index (χ3v) is 3.02. The Morgan fingerprint density at radius 3 is 3.00 bits per heavy atom. The van der Waals surface area contributed by atoms with E-state index in [4.69, 9.17) is 11.6 Å². The number of hydrogen-bond acceptors (Lipinski definition) is 3. The molecule has 1 aromatic carbocycles. The van der Waals surface area contributed by atoms with E-state index in [1.807, 2.05) is 0 Å². The van der Waals surface area contributed by atoms with Crippen LogP contribution in [0.15, 0.2) is 41.8 Å². The number of carbonyl (C=O) groups is 1. The molecule has 0 spiro atoms. The molecule has 0 saturated heterocycles. The van der Waals surface area contributed by atoms with Gasteiger partial charge in [0.15, 0.2) is 5.96 Å². The fourth-order valence-electron chi connectivity index (χ4n) is 1.73. The molecule has 0 atom stereocenters. The summed E-state index contributed by atoms with van der Waals surface area (Å²) in [6.07, 6.45) is 4.14. The number of nitrogens with zero attached hydrogens (tertiary/aromatic N) is 2. The van der Waals surface area contributed by atoms with Gasteiger partial charge in [-0.2, -0.15) is 0 Å². The number of aromatic amines is 1. The first-order valence-corrected chi connectivity index (χ1v) is 6.81. The molecular weight excluding hydrogens is 290 g/mol. The van der Waals surface area contributed by atoms with E-state index in [2.05, 4.69) is 25.6 Å². The maximum atomic E-state index is 12.1. The number of hydrogen-bond donors (Lipinski definition) is 3. The predicted molar refractivity (Wildman–Crippen MR) is 82.6 cm³/mol. The van der Waals surface area contributed by atoms with E-state index >= 15 is 0 Å². The molecule has 0 radical (unpaired) electrons. The Hall–Kier alpha value is -2.34. The lowest BCUT2D eigenvalue weighted by atomic mass is 10.2. The summed E-state index contributed by atoms with van der Waals surface area (Å²) in [5, 5.41) is 6.28. The van der Waals surface area contributed by atoms with Gasteiger partial charge in [-0.05, 0) is 18.2 Å². The average Bonchev–Trinajstić information content (AvgIpc) is 2.99. The fourth-order valence-corrected chi connectivity index (χ4v) is 1.92. The second-order valence-electron chi connectivity index (χ2n) is 4.29. The van der Waals surface area contributed by atoms with Crippen molar-refractivity contribution < 1.29 is 4.79 Å². The van der Waals surface area contributed by atoms with Crippen molar-refractivity contribution in [2.75, 3.05) is 13.6 Å². The van der Waals surface area contributed by atoms with Crippen LogP contribution in [0.4, 0.5) is 0 Å². The van der Waals surface area contributed by atoms with Crippen molar-refractivity contribution in [3.05, 3.63) is 53.1 Å². The summed E-state index contributed by atoms with van der Waals surface area (Å²) in [5.74, 6) is 0.159. The third kappa shape index (κ3) is 4.61. The monoisotopic (exact) mass is 305 g/mol. The Labute approximate surface area is 127 Å². The van der Waals surface area contributed by atoms with Crippen LogP contribution in [-0.2, 0) is 6.42 Å². The highest BCUT2D eigenvalue weighted by molar-refractivity contribution is 6.31. The molecule has 0 fully saturated rings. The molecule has 1 amide bonds. The number of aromatic nitrogens is 2. The fraction of sp³-hybridized carbons (Fsp3) is 0.214. The molecule has 7 heteroatoms. The number of guanidine groups is 1. The number of amides is 1. The van der Waals surface area contributed by atoms with Crippen LogP contribution in [0.1, 0.15) is 16.1 Å². The first-order valence-electron chi connectivity index (χ1n) is 6.44. The number of halogens is 1. The molecule has 0 unspecified atom stereocenters. The lowest BCUT2D eigenvalue weighted by molar-refractivity contribution is 0.0976. The van der Waals surface area contributed by atoms with Gasteiger partial charge in [0, 0.05) is 42.5 Å². The first-order chi connectivity index (χ1) is 10.2. The standard InChI is InChI=1S/C14H16ClN5O/c1-16-14(18-6-5-12-8-17-9-19-12)20-13(21)10-3-2-4-11(15)7-10/h2-4,7-9H,5-6H2,1H3,(H,17,19)(H2,16,18,20,21). The minimum absolute atomic E-state index is 0.257. The van der Waals surface area contributed by atoms with E-state index in [0.29, 0.717) is 23.1 Å². The SMILES string of the molecule is CN=C(NCCc1cnc[nH]1)NC(=O)c1cccc(Cl)c1. The smallest absolute Gasteiger partial charge is 0.257 e. The Kier molecular flexibility index (Phi) is 5.34. The van der Waals surface area contributed by atoms with Crippen LogP contribution in [0.5, 0.6) is 0 Å². The van der Waals surface area contributed by atoms with Gasteiger partial charge in [-0.3, -0.25) is 15.1 Å². The van der Waals surface area contributed by atoms with Gasteiger partial charge < -0.3 is 10.3 Å². The number of imidazole rings is 1. The summed E-state index contributed by atoms with van der Waals surface area (Å²) in [6.45, 7) is 0.630. The van der Waals surface area contributed by atoms with Gasteiger partial charge in [0.1, 0.15) is 0 Å². The van der Waals surface area contributed by atoms with Gasteiger partial charge in [0.05, 0.1) is 6.33 Å². The summed E-state index contributed by atoms with van der Waals surface area (Å²) in [7, 11) is 1.61. The summed E-state index contributed by atoms with van der Waals surface area (Å²) >= 11 is 5.86. The second-order valence-corrected chi connectivity index (χ2v) is 4.73. The largest absolute Gasteiger partial charge is 0.356 e. The van der Waals surface area contributed by atoms with Gasteiger partial charge in [-0.25, -0.2) is 4.98 Å². The van der Waals surface area contributed by atoms with E-state index < -0.39 is 0 Å². The summed E-state index contributed by atoms with van der Waals surface area (Å²) < 4.78 is 0. The maximum Gasteiger partial charge on any atom is 0.257 e. The van der Waals surface area contributed by atoms with E-state index in [1.54, 1.807) is 43.8 Å². The molecule has 0 aliphatic rings. The molecule has 0 bridgehead atoms. The van der Waals surface area contributed by atoms with Crippen LogP contribution >= 0.6 is 11.6 Å². The molecular formula is C14H16ClN5O. The number of nitrogens with one attached hydrogen (secondary N) is 3. The molecule has 0 aliphatic carbocycles. The molecule has 1 heterocycles. The molecule has 3 N–H and O–H groups in total. The van der Waals surface area contributed by atoms with E-state index in [-0.39, 0.29) is 5.91 Å². The highest BCUT2D eigenvalue weighted by Gasteiger charge is 2.08. The van der Waals surface area contributed by atoms with Crippen molar-refractivity contribution in [2.24, 2.45) is 4.99 Å². The lowest BCUT2D eigenvalue weighted by Crippen LogP contribution is -2.41. The lowest BCUT2D eigenvalue weighted by Gasteiger charge is -2.10. The van der Waals surface area contributed by atoms with Crippen LogP contribution in [0.25, 0.3) is 0 Å². The van der Waals surface area contributed by atoms with Crippen molar-refractivity contribution in [1.29, 1.82) is 0 Å². The van der Waals surface area contributed by atoms with E-state index in [1.165, 1.54) is 0 Å². The topological polar surface area (TPSA) is 82.2 Å². The number of aliphatic imine (C=N–C) groups is 1. The minimum atomic E-state index is -0.257. The molecule has 2 aromatic rings. The van der Waals surface area contributed by atoms with Gasteiger partial charge in [0.25, 0.3) is 5.91 Å². The van der Waals surface area contributed by atoms with Crippen molar-refractivity contribution in [1.82, 2.24) is 20.6 Å². The number of carbonyl (C=O) groups excluding carboxylic acids is 1. The molecule has 0 saturated carbocycles. The molecule has 110 valence electrons. The first kappa shape index (κ1) is 15.1. The average molecular weight is 306 g/mol. The quantitative estimate of drug-likeness (QED) is 0.593. The third-order valence-electron chi connectivity index (χ3n) is 2.78. The van der Waals surface area contributed by atoms with Gasteiger partial charge >= 0.3 is 0 Å². The van der Waals surface area contributed by atoms with Crippen LogP contribution in [0.2, 0.25) is 5.02 Å². The number of H-pyrrole nitrogens is 1. The molecule has 0 aliphatic heterocycles. The number of rotatable bonds is 4. The van der Waals surface area contributed by atoms with Crippen molar-refractivity contribution >= 4 is 23.5 Å². The molecule has 1 aromatic heterocycles. The van der Waals surface area contributed by atoms with Crippen LogP contribution in [-0.4, -0.2) is 35.4 Å². The summed E-state index contributed by atoms with van der Waals surface area (Å²) in [6, 6.07) is 6.75. The highest BCUT2D eigenvalue weighted by Crippen LogP contribution is 2.10. The summed E-state index contributed by atoms with van der Waals surface area (Å²) in [5.41, 5.74) is 1.50. The Bertz CT molecular complexity index is 624. The zero-order chi connectivity index (χ0) is 15.1. The van der Waals surface area contributed by atoms with Gasteiger partial charge in [-0.1, -0.05) is 17.7 Å². The summed E-state index contributed by atoms with van der Waals surface area (Å²) in [4.78, 5) is 23.0. The number of benzene rings is 1. The van der Waals surface area contributed by atoms with Crippen molar-refractivity contribution in [3.8, 4) is 0 Å². The van der Waals surface area contributed by atoms with E-state index in [0.717, 1.165) is 12.1 Å². The second kappa shape index (κ2) is 7.44. The zero-order valence-corrected chi connectivity index (χ0v) is 12.3. The maximum absolute atomic E-state index is 12.1. The van der Waals surface area contributed by atoms with Crippen molar-refractivity contribution in [2.45, 2.75) is 6.42 Å². The molecule has 2 rings (SSSR count). The van der Waals surface area contributed by atoms with E-state index in [9.17, 15) is 4.79 Å². The molecule has 6 nitrogen and oxygen atoms in total. The van der Waals surface area contributed by atoms with Crippen molar-refractivity contribution in [3.63, 3.8) is 0 Å². The van der Waals surface area contributed by atoms with Gasteiger partial charge in [0.2, 0.25) is 0 Å².